The third-order valence-electron chi connectivity index (χ3n) is 5.44. The van der Waals surface area contributed by atoms with Crippen LogP contribution in [0.1, 0.15) is 24.0 Å². The van der Waals surface area contributed by atoms with Gasteiger partial charge in [-0.05, 0) is 48.7 Å². The van der Waals surface area contributed by atoms with Gasteiger partial charge in [0.1, 0.15) is 6.04 Å². The van der Waals surface area contributed by atoms with E-state index in [-0.39, 0.29) is 30.8 Å². The zero-order valence-corrected chi connectivity index (χ0v) is 17.9. The fourth-order valence-corrected chi connectivity index (χ4v) is 4.48. The van der Waals surface area contributed by atoms with Crippen LogP contribution < -0.4 is 10.2 Å². The molecule has 0 aliphatic carbocycles. The number of imide groups is 1. The number of nitrogens with one attached hydrogen (secondary N) is 1. The van der Waals surface area contributed by atoms with Gasteiger partial charge in [-0.15, -0.1) is 0 Å². The van der Waals surface area contributed by atoms with Gasteiger partial charge < -0.3 is 10.2 Å². The van der Waals surface area contributed by atoms with Crippen LogP contribution in [0.2, 0.25) is 10.0 Å². The molecule has 4 rings (SSSR count). The van der Waals surface area contributed by atoms with Crippen LogP contribution in [0.5, 0.6) is 0 Å². The van der Waals surface area contributed by atoms with Crippen molar-refractivity contribution in [2.24, 2.45) is 0 Å². The Labute approximate surface area is 189 Å². The van der Waals surface area contributed by atoms with Crippen molar-refractivity contribution in [3.63, 3.8) is 0 Å². The first kappa shape index (κ1) is 21.2. The smallest absolute Gasteiger partial charge is 0.332 e. The summed E-state index contributed by atoms with van der Waals surface area (Å²) >= 11 is 12.0. The Morgan fingerprint density at radius 2 is 1.81 bits per heavy atom. The highest BCUT2D eigenvalue weighted by Gasteiger charge is 2.51. The Kier molecular flexibility index (Phi) is 5.86. The van der Waals surface area contributed by atoms with Crippen LogP contribution in [-0.2, 0) is 16.0 Å². The summed E-state index contributed by atoms with van der Waals surface area (Å²) in [6.07, 6.45) is 1.18. The summed E-state index contributed by atoms with van der Waals surface area (Å²) in [5.41, 5.74) is 1.87. The maximum atomic E-state index is 12.9. The molecule has 1 N–H and O–H groups in total. The van der Waals surface area contributed by atoms with Crippen molar-refractivity contribution < 1.29 is 14.4 Å². The highest BCUT2D eigenvalue weighted by Crippen LogP contribution is 2.34. The third kappa shape index (κ3) is 4.36. The van der Waals surface area contributed by atoms with E-state index in [9.17, 15) is 14.4 Å². The van der Waals surface area contributed by atoms with Gasteiger partial charge in [0.2, 0.25) is 5.91 Å². The molecule has 31 heavy (non-hydrogen) atoms. The van der Waals surface area contributed by atoms with Gasteiger partial charge in [0.25, 0.3) is 5.91 Å². The number of carbonyl (C=O) groups is 3. The standard InChI is InChI=1S/C22H18Cl2N4O3/c23-15-7-16(24)9-18(8-15)28-21(30)19-10-17(12-27(19)22(28)31)26-20(29)6-5-13-1-3-14(11-25)4-2-13/h1-4,7-9,17,19H,5-6,10,12H2,(H,26,29). The Balaban J connectivity index is 1.34. The lowest BCUT2D eigenvalue weighted by atomic mass is 10.1. The Morgan fingerprint density at radius 3 is 2.42 bits per heavy atom. The number of nitrogens with zero attached hydrogens (tertiary/aromatic N) is 3. The quantitative estimate of drug-likeness (QED) is 0.696. The summed E-state index contributed by atoms with van der Waals surface area (Å²) in [6, 6.07) is 12.4. The molecule has 0 aromatic heterocycles. The van der Waals surface area contributed by atoms with Crippen molar-refractivity contribution in [1.82, 2.24) is 10.2 Å². The number of aryl methyl sites for hydroxylation is 1. The number of fused-ring (bicyclic) bond motifs is 1. The van der Waals surface area contributed by atoms with Gasteiger partial charge in [-0.2, -0.15) is 5.26 Å². The molecule has 2 aromatic rings. The molecule has 7 nitrogen and oxygen atoms in total. The monoisotopic (exact) mass is 456 g/mol. The van der Waals surface area contributed by atoms with E-state index in [2.05, 4.69) is 11.4 Å². The number of carbonyl (C=O) groups excluding carboxylic acids is 3. The number of rotatable bonds is 5. The summed E-state index contributed by atoms with van der Waals surface area (Å²) < 4.78 is 0. The van der Waals surface area contributed by atoms with Gasteiger partial charge >= 0.3 is 6.03 Å². The zero-order chi connectivity index (χ0) is 22.1. The summed E-state index contributed by atoms with van der Waals surface area (Å²) in [4.78, 5) is 40.6. The lowest BCUT2D eigenvalue weighted by molar-refractivity contribution is -0.122. The maximum absolute atomic E-state index is 12.9. The van der Waals surface area contributed by atoms with Crippen LogP contribution in [0, 0.1) is 11.3 Å². The molecule has 158 valence electrons. The molecule has 0 bridgehead atoms. The first-order chi connectivity index (χ1) is 14.9. The normalized spacial score (nSPS) is 20.0. The number of hydrogen-bond acceptors (Lipinski definition) is 4. The maximum Gasteiger partial charge on any atom is 0.332 e. The highest BCUT2D eigenvalue weighted by atomic mass is 35.5. The molecular formula is C22H18Cl2N4O3. The zero-order valence-electron chi connectivity index (χ0n) is 16.3. The first-order valence-corrected chi connectivity index (χ1v) is 10.5. The van der Waals surface area contributed by atoms with Gasteiger partial charge in [-0.1, -0.05) is 35.3 Å². The van der Waals surface area contributed by atoms with E-state index in [4.69, 9.17) is 28.5 Å². The summed E-state index contributed by atoms with van der Waals surface area (Å²) in [6.45, 7) is 0.267. The van der Waals surface area contributed by atoms with E-state index < -0.39 is 12.1 Å². The molecule has 2 unspecified atom stereocenters. The van der Waals surface area contributed by atoms with Crippen molar-refractivity contribution >= 4 is 46.7 Å². The van der Waals surface area contributed by atoms with Crippen molar-refractivity contribution in [3.8, 4) is 6.07 Å². The average molecular weight is 457 g/mol. The lowest BCUT2D eigenvalue weighted by Gasteiger charge is -2.19. The van der Waals surface area contributed by atoms with Crippen molar-refractivity contribution in [2.45, 2.75) is 31.3 Å². The molecule has 2 saturated heterocycles. The molecule has 0 radical (unpaired) electrons. The molecule has 0 saturated carbocycles. The molecule has 0 spiro atoms. The minimum Gasteiger partial charge on any atom is -0.351 e. The number of benzene rings is 2. The first-order valence-electron chi connectivity index (χ1n) is 9.75. The number of halogens is 2. The van der Waals surface area contributed by atoms with Crippen LogP contribution in [-0.4, -0.2) is 41.4 Å². The van der Waals surface area contributed by atoms with Gasteiger partial charge in [0.05, 0.1) is 17.3 Å². The highest BCUT2D eigenvalue weighted by molar-refractivity contribution is 6.35. The topological polar surface area (TPSA) is 93.5 Å². The minimum atomic E-state index is -0.617. The van der Waals surface area contributed by atoms with Gasteiger partial charge in [-0.3, -0.25) is 9.59 Å². The van der Waals surface area contributed by atoms with E-state index >= 15 is 0 Å². The summed E-state index contributed by atoms with van der Waals surface area (Å²) in [5.74, 6) is -0.494. The van der Waals surface area contributed by atoms with E-state index in [1.54, 1.807) is 12.1 Å². The molecule has 9 heteroatoms. The molecule has 2 atom stereocenters. The van der Waals surface area contributed by atoms with E-state index in [0.717, 1.165) is 10.5 Å². The summed E-state index contributed by atoms with van der Waals surface area (Å²) in [7, 11) is 0. The molecular weight excluding hydrogens is 439 g/mol. The average Bonchev–Trinajstić information content (AvgIpc) is 3.24. The number of amides is 4. The van der Waals surface area contributed by atoms with E-state index in [1.165, 1.54) is 23.1 Å². The second-order valence-electron chi connectivity index (χ2n) is 7.56. The van der Waals surface area contributed by atoms with Crippen LogP contribution in [0.4, 0.5) is 10.5 Å². The van der Waals surface area contributed by atoms with E-state index in [0.29, 0.717) is 34.1 Å². The van der Waals surface area contributed by atoms with Crippen LogP contribution in [0.3, 0.4) is 0 Å². The molecule has 2 heterocycles. The number of nitriles is 1. The Hall–Kier alpha value is -3.08. The molecule has 2 aliphatic heterocycles. The summed E-state index contributed by atoms with van der Waals surface area (Å²) in [5, 5.41) is 12.4. The predicted molar refractivity (Wildman–Crippen MR) is 116 cm³/mol. The van der Waals surface area contributed by atoms with Crippen molar-refractivity contribution in [1.29, 1.82) is 5.26 Å². The van der Waals surface area contributed by atoms with Crippen LogP contribution in [0.15, 0.2) is 42.5 Å². The third-order valence-corrected chi connectivity index (χ3v) is 5.87. The molecule has 4 amide bonds. The van der Waals surface area contributed by atoms with Crippen molar-refractivity contribution in [2.75, 3.05) is 11.4 Å². The largest absolute Gasteiger partial charge is 0.351 e. The number of anilines is 1. The van der Waals surface area contributed by atoms with Crippen LogP contribution >= 0.6 is 23.2 Å². The van der Waals surface area contributed by atoms with E-state index in [1.807, 2.05) is 12.1 Å². The van der Waals surface area contributed by atoms with Gasteiger partial charge in [0.15, 0.2) is 0 Å². The fraction of sp³-hybridized carbons (Fsp3) is 0.273. The minimum absolute atomic E-state index is 0.145. The van der Waals surface area contributed by atoms with Gasteiger partial charge in [0, 0.05) is 29.1 Å². The van der Waals surface area contributed by atoms with Gasteiger partial charge in [-0.25, -0.2) is 9.69 Å². The van der Waals surface area contributed by atoms with Crippen molar-refractivity contribution in [3.05, 3.63) is 63.6 Å². The number of hydrogen-bond donors (Lipinski definition) is 1. The molecule has 2 fully saturated rings. The lowest BCUT2D eigenvalue weighted by Crippen LogP contribution is -2.41. The van der Waals surface area contributed by atoms with Crippen LogP contribution in [0.25, 0.3) is 0 Å². The SMILES string of the molecule is N#Cc1ccc(CCC(=O)NC2CC3C(=O)N(c4cc(Cl)cc(Cl)c4)C(=O)N3C2)cc1. The predicted octanol–water partition coefficient (Wildman–Crippen LogP) is 3.52. The fourth-order valence-electron chi connectivity index (χ4n) is 3.97. The second-order valence-corrected chi connectivity index (χ2v) is 8.43. The molecule has 2 aromatic carbocycles. The number of urea groups is 1. The molecule has 2 aliphatic rings. The second kappa shape index (κ2) is 8.58. The Bertz CT molecular complexity index is 1050. The Morgan fingerprint density at radius 1 is 1.13 bits per heavy atom.